The summed E-state index contributed by atoms with van der Waals surface area (Å²) in [6.07, 6.45) is 1.67. The monoisotopic (exact) mass is 326 g/mol. The van der Waals surface area contributed by atoms with Crippen molar-refractivity contribution >= 4 is 22.5 Å². The molecule has 0 spiro atoms. The van der Waals surface area contributed by atoms with Crippen LogP contribution in [0.2, 0.25) is 0 Å². The fourth-order valence-corrected chi connectivity index (χ4v) is 2.52. The van der Waals surface area contributed by atoms with E-state index in [0.717, 1.165) is 10.9 Å². The highest BCUT2D eigenvalue weighted by atomic mass is 16.5. The number of amides is 1. The van der Waals surface area contributed by atoms with E-state index in [2.05, 4.69) is 10.3 Å². The van der Waals surface area contributed by atoms with Crippen LogP contribution in [0.25, 0.3) is 10.9 Å². The molecule has 6 nitrogen and oxygen atoms in total. The number of benzene rings is 2. The van der Waals surface area contributed by atoms with Crippen molar-refractivity contribution < 1.29 is 19.0 Å². The number of ether oxygens (including phenoxy) is 3. The number of methoxy groups -OCH3 is 3. The summed E-state index contributed by atoms with van der Waals surface area (Å²) in [7, 11) is 4.71. The van der Waals surface area contributed by atoms with Crippen LogP contribution in [-0.2, 0) is 0 Å². The lowest BCUT2D eigenvalue weighted by molar-refractivity contribution is 0.102. The molecule has 2 N–H and O–H groups in total. The number of nitrogens with one attached hydrogen (secondary N) is 2. The molecule has 2 aromatic carbocycles. The van der Waals surface area contributed by atoms with Crippen LogP contribution in [0, 0.1) is 0 Å². The number of carbonyl (C=O) groups excluding carboxylic acids is 1. The number of fused-ring (bicyclic) bond motifs is 1. The summed E-state index contributed by atoms with van der Waals surface area (Å²) in [4.78, 5) is 15.8. The van der Waals surface area contributed by atoms with Gasteiger partial charge < -0.3 is 24.5 Å². The summed E-state index contributed by atoms with van der Waals surface area (Å²) >= 11 is 0. The Kier molecular flexibility index (Phi) is 4.29. The van der Waals surface area contributed by atoms with Crippen molar-refractivity contribution in [1.29, 1.82) is 0 Å². The van der Waals surface area contributed by atoms with Gasteiger partial charge in [0.05, 0.1) is 32.6 Å². The Balaban J connectivity index is 1.96. The number of anilines is 1. The second-order valence-electron chi connectivity index (χ2n) is 5.13. The summed E-state index contributed by atoms with van der Waals surface area (Å²) in [5.74, 6) is 1.63. The summed E-state index contributed by atoms with van der Waals surface area (Å²) in [6, 6.07) is 10.8. The van der Waals surface area contributed by atoms with Crippen molar-refractivity contribution in [2.24, 2.45) is 0 Å². The smallest absolute Gasteiger partial charge is 0.257 e. The van der Waals surface area contributed by atoms with Crippen LogP contribution >= 0.6 is 0 Å². The van der Waals surface area contributed by atoms with Crippen LogP contribution in [0.1, 0.15) is 10.4 Å². The number of hydrogen-bond acceptors (Lipinski definition) is 4. The highest BCUT2D eigenvalue weighted by Crippen LogP contribution is 2.30. The Morgan fingerprint density at radius 1 is 0.958 bits per heavy atom. The average molecular weight is 326 g/mol. The van der Waals surface area contributed by atoms with Crippen LogP contribution in [-0.4, -0.2) is 32.2 Å². The Labute approximate surface area is 139 Å². The van der Waals surface area contributed by atoms with Crippen LogP contribution in [0.3, 0.4) is 0 Å². The third kappa shape index (κ3) is 2.86. The summed E-state index contributed by atoms with van der Waals surface area (Å²) in [6.45, 7) is 0. The van der Waals surface area contributed by atoms with Crippen LogP contribution in [0.5, 0.6) is 17.2 Å². The maximum Gasteiger partial charge on any atom is 0.257 e. The average Bonchev–Trinajstić information content (AvgIpc) is 3.04. The van der Waals surface area contributed by atoms with E-state index < -0.39 is 0 Å². The molecular formula is C18H18N2O4. The van der Waals surface area contributed by atoms with E-state index in [4.69, 9.17) is 14.2 Å². The molecule has 0 saturated heterocycles. The fourth-order valence-electron chi connectivity index (χ4n) is 2.52. The number of rotatable bonds is 5. The molecule has 6 heteroatoms. The first-order chi connectivity index (χ1) is 11.7. The summed E-state index contributed by atoms with van der Waals surface area (Å²) < 4.78 is 15.7. The second kappa shape index (κ2) is 6.54. The van der Waals surface area contributed by atoms with Gasteiger partial charge in [-0.05, 0) is 30.3 Å². The predicted molar refractivity (Wildman–Crippen MR) is 92.3 cm³/mol. The van der Waals surface area contributed by atoms with Crippen molar-refractivity contribution in [2.75, 3.05) is 26.6 Å². The lowest BCUT2D eigenvalue weighted by Crippen LogP contribution is -2.12. The Morgan fingerprint density at radius 3 is 2.38 bits per heavy atom. The van der Waals surface area contributed by atoms with Crippen LogP contribution < -0.4 is 19.5 Å². The minimum Gasteiger partial charge on any atom is -0.497 e. The van der Waals surface area contributed by atoms with E-state index in [0.29, 0.717) is 28.5 Å². The zero-order chi connectivity index (χ0) is 17.1. The van der Waals surface area contributed by atoms with Crippen molar-refractivity contribution in [1.82, 2.24) is 4.98 Å². The number of H-pyrrole nitrogens is 1. The molecule has 0 saturated carbocycles. The molecule has 3 aromatic rings. The van der Waals surface area contributed by atoms with E-state index in [-0.39, 0.29) is 5.91 Å². The first-order valence-corrected chi connectivity index (χ1v) is 7.34. The predicted octanol–water partition coefficient (Wildman–Crippen LogP) is 3.45. The molecule has 0 bridgehead atoms. The first kappa shape index (κ1) is 15.7. The summed E-state index contributed by atoms with van der Waals surface area (Å²) in [5, 5.41) is 3.65. The van der Waals surface area contributed by atoms with Gasteiger partial charge in [0, 0.05) is 23.2 Å². The highest BCUT2D eigenvalue weighted by molar-refractivity contribution is 6.13. The van der Waals surface area contributed by atoms with Gasteiger partial charge in [-0.25, -0.2) is 0 Å². The minimum absolute atomic E-state index is 0.249. The number of aromatic nitrogens is 1. The van der Waals surface area contributed by atoms with Crippen molar-refractivity contribution in [3.63, 3.8) is 0 Å². The van der Waals surface area contributed by atoms with E-state index in [1.165, 1.54) is 0 Å². The fraction of sp³-hybridized carbons (Fsp3) is 0.167. The van der Waals surface area contributed by atoms with Gasteiger partial charge in [0.1, 0.15) is 17.2 Å². The molecular weight excluding hydrogens is 308 g/mol. The van der Waals surface area contributed by atoms with Gasteiger partial charge in [0.25, 0.3) is 5.91 Å². The minimum atomic E-state index is -0.249. The van der Waals surface area contributed by atoms with Gasteiger partial charge in [0.2, 0.25) is 0 Å². The molecule has 0 aliphatic carbocycles. The highest BCUT2D eigenvalue weighted by Gasteiger charge is 2.15. The standard InChI is InChI=1S/C18H18N2O4/c1-22-11-4-6-15-13(8-11)14(10-19-15)18(21)20-16-9-12(23-2)5-7-17(16)24-3/h4-10,19H,1-3H3,(H,20,21). The van der Waals surface area contributed by atoms with E-state index >= 15 is 0 Å². The molecule has 0 fully saturated rings. The molecule has 0 aliphatic heterocycles. The lowest BCUT2D eigenvalue weighted by Gasteiger charge is -2.11. The maximum atomic E-state index is 12.7. The molecule has 1 amide bonds. The van der Waals surface area contributed by atoms with Gasteiger partial charge in [-0.15, -0.1) is 0 Å². The third-order valence-electron chi connectivity index (χ3n) is 3.79. The zero-order valence-electron chi connectivity index (χ0n) is 13.7. The van der Waals surface area contributed by atoms with Gasteiger partial charge >= 0.3 is 0 Å². The molecule has 1 aromatic heterocycles. The molecule has 3 rings (SSSR count). The molecule has 0 atom stereocenters. The largest absolute Gasteiger partial charge is 0.497 e. The lowest BCUT2D eigenvalue weighted by atomic mass is 10.1. The van der Waals surface area contributed by atoms with E-state index in [1.54, 1.807) is 45.7 Å². The first-order valence-electron chi connectivity index (χ1n) is 7.34. The van der Waals surface area contributed by atoms with E-state index in [1.807, 2.05) is 18.2 Å². The molecule has 0 radical (unpaired) electrons. The molecule has 124 valence electrons. The Morgan fingerprint density at radius 2 is 1.67 bits per heavy atom. The van der Waals surface area contributed by atoms with Gasteiger partial charge in [-0.2, -0.15) is 0 Å². The number of aromatic amines is 1. The topological polar surface area (TPSA) is 72.6 Å². The maximum absolute atomic E-state index is 12.7. The number of carbonyl (C=O) groups is 1. The summed E-state index contributed by atoms with van der Waals surface area (Å²) in [5.41, 5.74) is 1.92. The quantitative estimate of drug-likeness (QED) is 0.753. The Hall–Kier alpha value is -3.15. The normalized spacial score (nSPS) is 10.5. The van der Waals surface area contributed by atoms with Gasteiger partial charge in [0.15, 0.2) is 0 Å². The van der Waals surface area contributed by atoms with Crippen molar-refractivity contribution in [3.8, 4) is 17.2 Å². The third-order valence-corrected chi connectivity index (χ3v) is 3.79. The van der Waals surface area contributed by atoms with Crippen molar-refractivity contribution in [3.05, 3.63) is 48.2 Å². The van der Waals surface area contributed by atoms with Gasteiger partial charge in [-0.1, -0.05) is 0 Å². The molecule has 24 heavy (non-hydrogen) atoms. The van der Waals surface area contributed by atoms with Crippen molar-refractivity contribution in [2.45, 2.75) is 0 Å². The zero-order valence-corrected chi connectivity index (χ0v) is 13.7. The molecule has 1 heterocycles. The molecule has 0 unspecified atom stereocenters. The van der Waals surface area contributed by atoms with Crippen LogP contribution in [0.4, 0.5) is 5.69 Å². The van der Waals surface area contributed by atoms with Gasteiger partial charge in [-0.3, -0.25) is 4.79 Å². The molecule has 0 aliphatic rings. The SMILES string of the molecule is COc1ccc(OC)c(NC(=O)c2c[nH]c3ccc(OC)cc23)c1. The van der Waals surface area contributed by atoms with E-state index in [9.17, 15) is 4.79 Å². The second-order valence-corrected chi connectivity index (χ2v) is 5.13. The number of hydrogen-bond donors (Lipinski definition) is 2. The van der Waals surface area contributed by atoms with Crippen LogP contribution in [0.15, 0.2) is 42.6 Å². The Bertz CT molecular complexity index is 886.